The van der Waals surface area contributed by atoms with Gasteiger partial charge in [-0.1, -0.05) is 17.7 Å². The van der Waals surface area contributed by atoms with Crippen LogP contribution in [0, 0.1) is 11.7 Å². The zero-order chi connectivity index (χ0) is 21.6. The van der Waals surface area contributed by atoms with Crippen LogP contribution in [0.15, 0.2) is 41.4 Å². The van der Waals surface area contributed by atoms with Crippen LogP contribution in [0.5, 0.6) is 0 Å². The third-order valence-corrected chi connectivity index (χ3v) is 6.54. The summed E-state index contributed by atoms with van der Waals surface area (Å²) in [6.45, 7) is 0.216. The molecule has 0 spiro atoms. The second-order valence-corrected chi connectivity index (χ2v) is 8.53. The Morgan fingerprint density at radius 3 is 2.66 bits per heavy atom. The maximum Gasteiger partial charge on any atom is 0.337 e. The van der Waals surface area contributed by atoms with Crippen molar-refractivity contribution < 1.29 is 32.6 Å². The molecular formula is C18H18ClFN2O6S. The van der Waals surface area contributed by atoms with Crippen LogP contribution in [0.4, 0.5) is 4.39 Å². The second kappa shape index (κ2) is 9.77. The number of sulfonamides is 1. The number of aromatic nitrogens is 1. The Kier molecular flexibility index (Phi) is 7.66. The van der Waals surface area contributed by atoms with E-state index in [0.29, 0.717) is 12.8 Å². The van der Waals surface area contributed by atoms with E-state index in [1.54, 1.807) is 12.3 Å². The number of pyridine rings is 1. The molecule has 1 aromatic heterocycles. The summed E-state index contributed by atoms with van der Waals surface area (Å²) in [6.07, 6.45) is 2.92. The van der Waals surface area contributed by atoms with Gasteiger partial charge in [-0.2, -0.15) is 4.31 Å². The first-order chi connectivity index (χ1) is 13.7. The monoisotopic (exact) mass is 444 g/mol. The van der Waals surface area contributed by atoms with Gasteiger partial charge in [0.1, 0.15) is 10.7 Å². The molecule has 1 atom stereocenters. The predicted octanol–water partition coefficient (Wildman–Crippen LogP) is 2.53. The molecule has 1 fully saturated rings. The fourth-order valence-electron chi connectivity index (χ4n) is 3.03. The summed E-state index contributed by atoms with van der Waals surface area (Å²) in [4.78, 5) is 23.1. The molecule has 0 bridgehead atoms. The van der Waals surface area contributed by atoms with Crippen molar-refractivity contribution in [1.82, 2.24) is 9.29 Å². The Bertz CT molecular complexity index is 987. The van der Waals surface area contributed by atoms with Gasteiger partial charge >= 0.3 is 5.97 Å². The molecule has 2 heterocycles. The molecule has 1 aromatic carbocycles. The van der Waals surface area contributed by atoms with E-state index >= 15 is 0 Å². The lowest BCUT2D eigenvalue weighted by Crippen LogP contribution is -2.30. The first-order valence-corrected chi connectivity index (χ1v) is 10.2. The van der Waals surface area contributed by atoms with Gasteiger partial charge in [-0.3, -0.25) is 9.78 Å². The Morgan fingerprint density at radius 1 is 1.38 bits per heavy atom. The minimum absolute atomic E-state index is 0.0639. The van der Waals surface area contributed by atoms with E-state index in [1.807, 2.05) is 12.1 Å². The van der Waals surface area contributed by atoms with Gasteiger partial charge in [0.05, 0.1) is 10.6 Å². The SMILES string of the molecule is O=C(O)c1cc(S(=O)(=O)N2CCC(Cc3ccccn3)C2)c(F)cc1Cl.O=CO. The summed E-state index contributed by atoms with van der Waals surface area (Å²) in [7, 11) is -4.15. The average molecular weight is 445 g/mol. The molecule has 3 rings (SSSR count). The van der Waals surface area contributed by atoms with Gasteiger partial charge in [-0.05, 0) is 43.0 Å². The van der Waals surface area contributed by atoms with Crippen molar-refractivity contribution in [3.05, 3.63) is 58.6 Å². The maximum atomic E-state index is 14.2. The standard InChI is InChI=1S/C17H16ClFN2O4S.CH2O2/c18-14-9-15(19)16(8-13(14)17(22)23)26(24,25)21-6-4-11(10-21)7-12-3-1-2-5-20-12;2-1-3/h1-3,5,8-9,11H,4,6-7,10H2,(H,22,23);1H,(H,2,3). The molecule has 156 valence electrons. The van der Waals surface area contributed by atoms with E-state index in [0.717, 1.165) is 17.8 Å². The van der Waals surface area contributed by atoms with E-state index < -0.39 is 32.3 Å². The quantitative estimate of drug-likeness (QED) is 0.679. The molecule has 1 aliphatic rings. The van der Waals surface area contributed by atoms with E-state index in [-0.39, 0.29) is 30.5 Å². The van der Waals surface area contributed by atoms with Crippen LogP contribution in [-0.2, 0) is 21.2 Å². The predicted molar refractivity (Wildman–Crippen MR) is 102 cm³/mol. The fraction of sp³-hybridized carbons (Fsp3) is 0.278. The number of hydrogen-bond acceptors (Lipinski definition) is 5. The van der Waals surface area contributed by atoms with Crippen LogP contribution in [0.1, 0.15) is 22.5 Å². The molecule has 2 N–H and O–H groups in total. The van der Waals surface area contributed by atoms with Crippen molar-refractivity contribution in [3.63, 3.8) is 0 Å². The number of carbonyl (C=O) groups is 2. The number of carboxylic acids is 1. The fourth-order valence-corrected chi connectivity index (χ4v) is 4.86. The third-order valence-electron chi connectivity index (χ3n) is 4.34. The van der Waals surface area contributed by atoms with Crippen LogP contribution >= 0.6 is 11.6 Å². The molecule has 1 saturated heterocycles. The summed E-state index contributed by atoms with van der Waals surface area (Å²) in [5.74, 6) is -2.41. The zero-order valence-electron chi connectivity index (χ0n) is 15.0. The molecule has 0 aliphatic carbocycles. The summed E-state index contributed by atoms with van der Waals surface area (Å²) in [5, 5.41) is 15.6. The molecular weight excluding hydrogens is 427 g/mol. The molecule has 0 radical (unpaired) electrons. The van der Waals surface area contributed by atoms with E-state index in [4.69, 9.17) is 26.6 Å². The molecule has 2 aromatic rings. The van der Waals surface area contributed by atoms with Gasteiger partial charge in [0.15, 0.2) is 0 Å². The highest BCUT2D eigenvalue weighted by Crippen LogP contribution is 2.30. The summed E-state index contributed by atoms with van der Waals surface area (Å²) in [6, 6.07) is 7.04. The van der Waals surface area contributed by atoms with Crippen molar-refractivity contribution >= 4 is 34.1 Å². The van der Waals surface area contributed by atoms with Crippen molar-refractivity contribution in [1.29, 1.82) is 0 Å². The minimum atomic E-state index is -4.15. The minimum Gasteiger partial charge on any atom is -0.483 e. The Morgan fingerprint density at radius 2 is 2.07 bits per heavy atom. The number of nitrogens with zero attached hydrogens (tertiary/aromatic N) is 2. The maximum absolute atomic E-state index is 14.2. The highest BCUT2D eigenvalue weighted by Gasteiger charge is 2.35. The number of rotatable bonds is 5. The van der Waals surface area contributed by atoms with Crippen LogP contribution in [0.3, 0.4) is 0 Å². The summed E-state index contributed by atoms with van der Waals surface area (Å²) < 4.78 is 40.9. The van der Waals surface area contributed by atoms with E-state index in [9.17, 15) is 17.6 Å². The lowest BCUT2D eigenvalue weighted by Gasteiger charge is -2.17. The molecule has 11 heteroatoms. The molecule has 1 unspecified atom stereocenters. The van der Waals surface area contributed by atoms with Crippen LogP contribution in [0.25, 0.3) is 0 Å². The van der Waals surface area contributed by atoms with Gasteiger partial charge in [-0.15, -0.1) is 0 Å². The largest absolute Gasteiger partial charge is 0.483 e. The normalized spacial score (nSPS) is 16.7. The number of aromatic carboxylic acids is 1. The first kappa shape index (κ1) is 22.7. The van der Waals surface area contributed by atoms with Gasteiger partial charge in [0.25, 0.3) is 6.47 Å². The topological polar surface area (TPSA) is 125 Å². The summed E-state index contributed by atoms with van der Waals surface area (Å²) in [5.41, 5.74) is 0.415. The Balaban J connectivity index is 0.000000941. The van der Waals surface area contributed by atoms with Gasteiger partial charge in [0.2, 0.25) is 10.0 Å². The first-order valence-electron chi connectivity index (χ1n) is 8.41. The number of hydrogen-bond donors (Lipinski definition) is 2. The number of halogens is 2. The van der Waals surface area contributed by atoms with Crippen LogP contribution in [-0.4, -0.2) is 53.5 Å². The average Bonchev–Trinajstić information content (AvgIpc) is 3.12. The van der Waals surface area contributed by atoms with Gasteiger partial charge < -0.3 is 10.2 Å². The molecule has 1 aliphatic heterocycles. The molecule has 29 heavy (non-hydrogen) atoms. The smallest absolute Gasteiger partial charge is 0.337 e. The highest BCUT2D eigenvalue weighted by molar-refractivity contribution is 7.89. The van der Waals surface area contributed by atoms with Crippen molar-refractivity contribution in [2.45, 2.75) is 17.7 Å². The number of benzene rings is 1. The highest BCUT2D eigenvalue weighted by atomic mass is 35.5. The molecule has 8 nitrogen and oxygen atoms in total. The van der Waals surface area contributed by atoms with Crippen molar-refractivity contribution in [3.8, 4) is 0 Å². The van der Waals surface area contributed by atoms with Gasteiger partial charge in [-0.25, -0.2) is 17.6 Å². The van der Waals surface area contributed by atoms with Gasteiger partial charge in [0, 0.05) is 25.0 Å². The van der Waals surface area contributed by atoms with E-state index in [1.165, 1.54) is 4.31 Å². The van der Waals surface area contributed by atoms with Crippen LogP contribution < -0.4 is 0 Å². The van der Waals surface area contributed by atoms with E-state index in [2.05, 4.69) is 4.98 Å². The summed E-state index contributed by atoms with van der Waals surface area (Å²) >= 11 is 5.68. The second-order valence-electron chi connectivity index (χ2n) is 6.22. The van der Waals surface area contributed by atoms with Crippen molar-refractivity contribution in [2.75, 3.05) is 13.1 Å². The third kappa shape index (κ3) is 5.49. The Hall–Kier alpha value is -2.56. The lowest BCUT2D eigenvalue weighted by atomic mass is 10.0. The van der Waals surface area contributed by atoms with Crippen LogP contribution in [0.2, 0.25) is 5.02 Å². The molecule has 0 saturated carbocycles. The van der Waals surface area contributed by atoms with Crippen molar-refractivity contribution in [2.24, 2.45) is 5.92 Å². The molecule has 0 amide bonds. The number of carboxylic acid groups (broad SMARTS) is 2. The zero-order valence-corrected chi connectivity index (χ0v) is 16.6. The lowest BCUT2D eigenvalue weighted by molar-refractivity contribution is -0.122. The Labute approximate surface area is 171 Å².